The first-order valence-electron chi connectivity index (χ1n) is 12.4. The lowest BCUT2D eigenvalue weighted by Gasteiger charge is -2.32. The van der Waals surface area contributed by atoms with Crippen LogP contribution in [0.3, 0.4) is 0 Å². The van der Waals surface area contributed by atoms with Gasteiger partial charge in [0.1, 0.15) is 28.9 Å². The molecule has 2 aliphatic heterocycles. The Hall–Kier alpha value is -4.31. The van der Waals surface area contributed by atoms with Crippen LogP contribution in [0.1, 0.15) is 18.4 Å². The van der Waals surface area contributed by atoms with Gasteiger partial charge in [-0.15, -0.1) is 0 Å². The monoisotopic (exact) mass is 494 g/mol. The topological polar surface area (TPSA) is 103 Å². The van der Waals surface area contributed by atoms with Gasteiger partial charge in [0.25, 0.3) is 0 Å². The van der Waals surface area contributed by atoms with Crippen molar-refractivity contribution in [1.82, 2.24) is 29.5 Å². The smallest absolute Gasteiger partial charge is 0.226 e. The summed E-state index contributed by atoms with van der Waals surface area (Å²) >= 11 is 0. The molecule has 10 nitrogen and oxygen atoms in total. The van der Waals surface area contributed by atoms with Gasteiger partial charge in [-0.2, -0.15) is 0 Å². The molecule has 37 heavy (non-hydrogen) atoms. The number of morpholine rings is 1. The Bertz CT molecular complexity index is 1620. The van der Waals surface area contributed by atoms with Crippen molar-refractivity contribution in [2.24, 2.45) is 7.05 Å². The maximum Gasteiger partial charge on any atom is 0.226 e. The predicted octanol–water partition coefficient (Wildman–Crippen LogP) is 4.52. The van der Waals surface area contributed by atoms with Gasteiger partial charge >= 0.3 is 0 Å². The summed E-state index contributed by atoms with van der Waals surface area (Å²) in [5.74, 6) is 2.85. The molecule has 7 rings (SSSR count). The predicted molar refractivity (Wildman–Crippen MR) is 140 cm³/mol. The molecule has 5 aromatic rings. The van der Waals surface area contributed by atoms with Gasteiger partial charge in [-0.25, -0.2) is 24.9 Å². The fraction of sp³-hybridized carbons (Fsp3) is 0.296. The van der Waals surface area contributed by atoms with Gasteiger partial charge in [0.05, 0.1) is 35.8 Å². The lowest BCUT2D eigenvalue weighted by molar-refractivity contribution is 0.0299. The first kappa shape index (κ1) is 21.9. The van der Waals surface area contributed by atoms with Crippen LogP contribution in [0, 0.1) is 6.92 Å². The molecule has 0 spiro atoms. The maximum atomic E-state index is 6.17. The molecule has 1 N–H and O–H groups in total. The number of anilines is 3. The molecule has 0 radical (unpaired) electrons. The largest absolute Gasteiger partial charge is 0.457 e. The highest BCUT2D eigenvalue weighted by Crippen LogP contribution is 2.32. The molecule has 0 aliphatic carbocycles. The Labute approximate surface area is 213 Å². The second kappa shape index (κ2) is 8.67. The van der Waals surface area contributed by atoms with E-state index in [4.69, 9.17) is 14.5 Å². The van der Waals surface area contributed by atoms with E-state index in [1.54, 1.807) is 12.5 Å². The highest BCUT2D eigenvalue weighted by atomic mass is 16.5. The molecule has 2 aromatic carbocycles. The van der Waals surface area contributed by atoms with Crippen LogP contribution in [-0.2, 0) is 11.8 Å². The number of hydrogen-bond donors (Lipinski definition) is 1. The second-order valence-corrected chi connectivity index (χ2v) is 9.70. The fourth-order valence-corrected chi connectivity index (χ4v) is 5.15. The van der Waals surface area contributed by atoms with E-state index in [9.17, 15) is 0 Å². The van der Waals surface area contributed by atoms with E-state index in [0.717, 1.165) is 59.7 Å². The fourth-order valence-electron chi connectivity index (χ4n) is 5.15. The van der Waals surface area contributed by atoms with Gasteiger partial charge in [0.15, 0.2) is 5.82 Å². The van der Waals surface area contributed by atoms with Crippen LogP contribution in [0.25, 0.3) is 22.1 Å². The normalized spacial score (nSPS) is 19.0. The third-order valence-electron chi connectivity index (χ3n) is 7.05. The van der Waals surface area contributed by atoms with Crippen LogP contribution in [-0.4, -0.2) is 54.8 Å². The molecule has 0 saturated carbocycles. The highest BCUT2D eigenvalue weighted by Gasteiger charge is 2.34. The zero-order valence-corrected chi connectivity index (χ0v) is 20.6. The number of imidazole rings is 1. The van der Waals surface area contributed by atoms with E-state index < -0.39 is 0 Å². The van der Waals surface area contributed by atoms with Crippen LogP contribution in [0.4, 0.5) is 17.5 Å². The van der Waals surface area contributed by atoms with Gasteiger partial charge in [-0.3, -0.25) is 0 Å². The first-order valence-corrected chi connectivity index (χ1v) is 12.4. The second-order valence-electron chi connectivity index (χ2n) is 9.70. The Morgan fingerprint density at radius 1 is 0.973 bits per heavy atom. The molecule has 5 heterocycles. The molecule has 2 aliphatic rings. The van der Waals surface area contributed by atoms with Crippen molar-refractivity contribution in [2.75, 3.05) is 23.3 Å². The molecular weight excluding hydrogens is 468 g/mol. The molecule has 2 bridgehead atoms. The number of nitrogens with one attached hydrogen (secondary N) is 1. The molecular formula is C27H26N8O2. The summed E-state index contributed by atoms with van der Waals surface area (Å²) in [5.41, 5.74) is 5.22. The number of ether oxygens (including phenoxy) is 2. The van der Waals surface area contributed by atoms with Gasteiger partial charge in [0.2, 0.25) is 5.95 Å². The van der Waals surface area contributed by atoms with Crippen LogP contribution in [0.2, 0.25) is 0 Å². The van der Waals surface area contributed by atoms with E-state index in [-0.39, 0.29) is 12.2 Å². The molecule has 10 heteroatoms. The van der Waals surface area contributed by atoms with Gasteiger partial charge < -0.3 is 24.3 Å². The van der Waals surface area contributed by atoms with Crippen molar-refractivity contribution >= 4 is 39.5 Å². The van der Waals surface area contributed by atoms with Crippen molar-refractivity contribution in [2.45, 2.75) is 32.0 Å². The number of benzene rings is 2. The van der Waals surface area contributed by atoms with Crippen LogP contribution in [0.15, 0.2) is 55.2 Å². The van der Waals surface area contributed by atoms with E-state index in [0.29, 0.717) is 22.8 Å². The Morgan fingerprint density at radius 2 is 1.84 bits per heavy atom. The minimum Gasteiger partial charge on any atom is -0.457 e. The number of aryl methyl sites for hydroxylation is 2. The highest BCUT2D eigenvalue weighted by molar-refractivity contribution is 5.87. The molecule has 2 fully saturated rings. The quantitative estimate of drug-likeness (QED) is 0.378. The van der Waals surface area contributed by atoms with Crippen molar-refractivity contribution in [3.8, 4) is 11.5 Å². The number of fused-ring (bicyclic) bond motifs is 4. The third-order valence-corrected chi connectivity index (χ3v) is 7.05. The number of nitrogens with zero attached hydrogens (tertiary/aromatic N) is 7. The van der Waals surface area contributed by atoms with Crippen LogP contribution < -0.4 is 15.0 Å². The van der Waals surface area contributed by atoms with E-state index in [1.165, 1.54) is 6.33 Å². The van der Waals surface area contributed by atoms with E-state index >= 15 is 0 Å². The molecule has 186 valence electrons. The summed E-state index contributed by atoms with van der Waals surface area (Å²) in [6.45, 7) is 3.64. The molecule has 2 saturated heterocycles. The van der Waals surface area contributed by atoms with Gasteiger partial charge in [0, 0.05) is 31.9 Å². The van der Waals surface area contributed by atoms with Crippen LogP contribution in [0.5, 0.6) is 11.5 Å². The van der Waals surface area contributed by atoms with Crippen molar-refractivity contribution in [3.63, 3.8) is 0 Å². The Balaban J connectivity index is 1.14. The molecule has 3 aromatic heterocycles. The maximum absolute atomic E-state index is 6.17. The summed E-state index contributed by atoms with van der Waals surface area (Å²) in [6.07, 6.45) is 7.82. The van der Waals surface area contributed by atoms with E-state index in [1.807, 2.05) is 54.9 Å². The lowest BCUT2D eigenvalue weighted by atomic mass is 10.2. The average molecular weight is 495 g/mol. The standard InChI is InChI=1S/C27H26N8O2/c1-16-9-17(3-8-24(16)37-18-6-7-23-21(10-18)31-15-34(23)2)32-26-25-22(29-14-30-26)11-28-27(33-25)35-12-19-4-5-20(13-35)36-19/h3,6-11,14-15,19-20H,4-5,12-13H2,1-2H3,(H,29,30,32). The van der Waals surface area contributed by atoms with Crippen molar-refractivity contribution in [3.05, 3.63) is 60.8 Å². The summed E-state index contributed by atoms with van der Waals surface area (Å²) in [7, 11) is 1.98. The first-order chi connectivity index (χ1) is 18.1. The van der Waals surface area contributed by atoms with Gasteiger partial charge in [-0.05, 0) is 55.7 Å². The zero-order chi connectivity index (χ0) is 24.9. The number of hydrogen-bond acceptors (Lipinski definition) is 9. The number of rotatable bonds is 5. The summed E-state index contributed by atoms with van der Waals surface area (Å²) in [5, 5.41) is 3.41. The minimum atomic E-state index is 0.261. The molecule has 0 amide bonds. The van der Waals surface area contributed by atoms with Crippen molar-refractivity contribution in [1.29, 1.82) is 0 Å². The Morgan fingerprint density at radius 3 is 2.68 bits per heavy atom. The summed E-state index contributed by atoms with van der Waals surface area (Å²) in [4.78, 5) is 24.9. The summed E-state index contributed by atoms with van der Waals surface area (Å²) < 4.78 is 14.1. The Kier molecular flexibility index (Phi) is 5.14. The molecule has 2 atom stereocenters. The van der Waals surface area contributed by atoms with Crippen molar-refractivity contribution < 1.29 is 9.47 Å². The lowest BCUT2D eigenvalue weighted by Crippen LogP contribution is -2.43. The third kappa shape index (κ3) is 4.09. The van der Waals surface area contributed by atoms with Gasteiger partial charge in [-0.1, -0.05) is 0 Å². The SMILES string of the molecule is Cc1cc(Nc2ncnc3cnc(N4CC5CCC(C4)O5)nc23)ccc1Oc1ccc2c(c1)ncn2C. The minimum absolute atomic E-state index is 0.261. The number of aromatic nitrogens is 6. The average Bonchev–Trinajstić information content (AvgIpc) is 3.45. The summed E-state index contributed by atoms with van der Waals surface area (Å²) in [6, 6.07) is 11.9. The van der Waals surface area contributed by atoms with Crippen LogP contribution >= 0.6 is 0 Å². The van der Waals surface area contributed by atoms with E-state index in [2.05, 4.69) is 30.2 Å². The zero-order valence-electron chi connectivity index (χ0n) is 20.6. The molecule has 2 unspecified atom stereocenters.